The average Bonchev–Trinajstić information content (AvgIpc) is 3.55. The summed E-state index contributed by atoms with van der Waals surface area (Å²) in [6, 6.07) is 17.6. The Morgan fingerprint density at radius 1 is 1.07 bits per heavy atom. The number of nitrogens with zero attached hydrogens (tertiary/aromatic N) is 6. The van der Waals surface area contributed by atoms with Crippen molar-refractivity contribution >= 4 is 33.9 Å². The smallest absolute Gasteiger partial charge is 0.263 e. The first-order chi connectivity index (χ1) is 19.8. The predicted molar refractivity (Wildman–Crippen MR) is 154 cm³/mol. The van der Waals surface area contributed by atoms with Gasteiger partial charge in [0, 0.05) is 43.4 Å². The fourth-order valence-corrected chi connectivity index (χ4v) is 5.07. The van der Waals surface area contributed by atoms with Gasteiger partial charge in [-0.05, 0) is 42.1 Å². The van der Waals surface area contributed by atoms with Gasteiger partial charge in [-0.3, -0.25) is 23.6 Å². The number of anilines is 1. The molecule has 1 unspecified atom stereocenters. The van der Waals surface area contributed by atoms with Crippen molar-refractivity contribution in [1.29, 1.82) is 0 Å². The Labute approximate surface area is 233 Å². The second-order valence-corrected chi connectivity index (χ2v) is 9.77. The number of aryl methyl sites for hydroxylation is 1. The molecule has 0 aliphatic rings. The lowest BCUT2D eigenvalue weighted by molar-refractivity contribution is 0.0939. The molecule has 0 fully saturated rings. The largest absolute Gasteiger partial charge is 0.381 e. The van der Waals surface area contributed by atoms with Crippen molar-refractivity contribution in [2.45, 2.75) is 19.4 Å². The lowest BCUT2D eigenvalue weighted by atomic mass is 9.98. The number of ketones is 1. The highest BCUT2D eigenvalue weighted by Crippen LogP contribution is 2.25. The predicted octanol–water partition coefficient (Wildman–Crippen LogP) is 3.27. The molecule has 2 aromatic carbocycles. The van der Waals surface area contributed by atoms with Crippen molar-refractivity contribution in [3.63, 3.8) is 0 Å². The number of fused-ring (bicyclic) bond motifs is 2. The zero-order chi connectivity index (χ0) is 28.7. The summed E-state index contributed by atoms with van der Waals surface area (Å²) in [4.78, 5) is 44.9. The summed E-state index contributed by atoms with van der Waals surface area (Å²) in [6.45, 7) is 1.79. The van der Waals surface area contributed by atoms with Crippen LogP contribution in [0.5, 0.6) is 0 Å². The van der Waals surface area contributed by atoms with E-state index in [2.05, 4.69) is 20.5 Å². The summed E-state index contributed by atoms with van der Waals surface area (Å²) < 4.78 is 4.58. The van der Waals surface area contributed by atoms with Crippen LogP contribution < -0.4 is 16.6 Å². The Hall–Kier alpha value is -5.58. The first kappa shape index (κ1) is 25.7. The van der Waals surface area contributed by atoms with Crippen LogP contribution in [0, 0.1) is 0 Å². The van der Waals surface area contributed by atoms with Crippen LogP contribution in [0.15, 0.2) is 90.2 Å². The number of rotatable bonds is 7. The van der Waals surface area contributed by atoms with E-state index in [0.29, 0.717) is 38.9 Å². The average molecular weight is 547 g/mol. The van der Waals surface area contributed by atoms with Gasteiger partial charge in [0.25, 0.3) is 11.5 Å². The minimum absolute atomic E-state index is 0.0414. The third-order valence-electron chi connectivity index (χ3n) is 6.99. The van der Waals surface area contributed by atoms with E-state index in [0.717, 1.165) is 0 Å². The monoisotopic (exact) mass is 546 g/mol. The van der Waals surface area contributed by atoms with E-state index in [9.17, 15) is 14.4 Å². The Bertz CT molecular complexity index is 2010. The van der Waals surface area contributed by atoms with E-state index in [1.165, 1.54) is 10.7 Å². The van der Waals surface area contributed by atoms with E-state index in [1.807, 2.05) is 48.5 Å². The molecule has 11 nitrogen and oxygen atoms in total. The Morgan fingerprint density at radius 2 is 1.88 bits per heavy atom. The van der Waals surface area contributed by atoms with Crippen LogP contribution >= 0.6 is 0 Å². The molecule has 1 atom stereocenters. The Morgan fingerprint density at radius 3 is 2.63 bits per heavy atom. The van der Waals surface area contributed by atoms with Crippen molar-refractivity contribution in [3.05, 3.63) is 118 Å². The quantitative estimate of drug-likeness (QED) is 0.293. The fraction of sp³-hybridized carbons (Fsp3) is 0.133. The van der Waals surface area contributed by atoms with Gasteiger partial charge in [0.05, 0.1) is 23.2 Å². The molecule has 1 amide bonds. The number of para-hydroxylation sites is 1. The van der Waals surface area contributed by atoms with E-state index in [-0.39, 0.29) is 29.1 Å². The Kier molecular flexibility index (Phi) is 6.38. The van der Waals surface area contributed by atoms with Crippen LogP contribution in [-0.2, 0) is 13.5 Å². The molecule has 6 aromatic rings. The highest BCUT2D eigenvalue weighted by atomic mass is 16.2. The number of carbonyl (C=O) groups is 2. The summed E-state index contributed by atoms with van der Waals surface area (Å²) in [5.74, 6) is -0.553. The van der Waals surface area contributed by atoms with Gasteiger partial charge in [-0.25, -0.2) is 9.50 Å². The van der Waals surface area contributed by atoms with Gasteiger partial charge in [-0.2, -0.15) is 5.10 Å². The van der Waals surface area contributed by atoms with E-state index >= 15 is 0 Å². The number of benzene rings is 2. The summed E-state index contributed by atoms with van der Waals surface area (Å²) in [6.07, 6.45) is 6.43. The molecule has 41 heavy (non-hydrogen) atoms. The van der Waals surface area contributed by atoms with Crippen LogP contribution in [0.2, 0.25) is 0 Å². The first-order valence-electron chi connectivity index (χ1n) is 13.0. The molecular weight excluding hydrogens is 520 g/mol. The molecule has 6 rings (SSSR count). The molecule has 0 saturated heterocycles. The third kappa shape index (κ3) is 4.63. The van der Waals surface area contributed by atoms with Gasteiger partial charge < -0.3 is 11.1 Å². The second-order valence-electron chi connectivity index (χ2n) is 9.77. The fourth-order valence-electron chi connectivity index (χ4n) is 5.07. The summed E-state index contributed by atoms with van der Waals surface area (Å²) in [5, 5.41) is 12.3. The maximum atomic E-state index is 14.2. The van der Waals surface area contributed by atoms with Crippen LogP contribution in [-0.4, -0.2) is 40.6 Å². The van der Waals surface area contributed by atoms with Crippen LogP contribution in [0.3, 0.4) is 0 Å². The highest BCUT2D eigenvalue weighted by Gasteiger charge is 2.24. The van der Waals surface area contributed by atoms with Gasteiger partial charge >= 0.3 is 0 Å². The number of aromatic nitrogens is 6. The number of nitrogens with two attached hydrogens (primary N) is 1. The number of amides is 1. The van der Waals surface area contributed by atoms with Crippen molar-refractivity contribution in [3.8, 4) is 5.69 Å². The molecule has 4 aromatic heterocycles. The molecular formula is C30H26N8O3. The van der Waals surface area contributed by atoms with E-state index in [1.54, 1.807) is 53.9 Å². The molecule has 0 aliphatic carbocycles. The van der Waals surface area contributed by atoms with E-state index < -0.39 is 11.9 Å². The standard InChI is InChI=1S/C30H26N8O3/c1-18(34-29(40)26-27(31)35-37-13-7-12-32-28(26)37)23-14-19-8-6-9-20(15-24(39)21-16-33-36(2)17-21)25(19)30(41)38(23)22-10-4-3-5-11-22/h3-14,16-18H,15H2,1-2H3,(H2,31,35)(H,34,40). The molecule has 0 spiro atoms. The van der Waals surface area contributed by atoms with Gasteiger partial charge in [0.15, 0.2) is 17.2 Å². The molecule has 11 heteroatoms. The van der Waals surface area contributed by atoms with Crippen LogP contribution in [0.1, 0.15) is 44.9 Å². The molecule has 0 saturated carbocycles. The molecule has 0 radical (unpaired) electrons. The van der Waals surface area contributed by atoms with E-state index in [4.69, 9.17) is 5.73 Å². The van der Waals surface area contributed by atoms with Gasteiger partial charge in [0.1, 0.15) is 5.56 Å². The Balaban J connectivity index is 1.45. The van der Waals surface area contributed by atoms with Gasteiger partial charge in [0.2, 0.25) is 0 Å². The number of carbonyl (C=O) groups excluding carboxylic acids is 2. The number of Topliss-reactive ketones (excluding diaryl/α,β-unsaturated/α-hetero) is 1. The van der Waals surface area contributed by atoms with Crippen molar-refractivity contribution < 1.29 is 9.59 Å². The zero-order valence-electron chi connectivity index (χ0n) is 22.4. The SMILES string of the molecule is CC(NC(=O)c1c(N)nn2cccnc12)c1cc2cccc(CC(=O)c3cnn(C)c3)c2c(=O)n1-c1ccccc1. The number of hydrogen-bond donors (Lipinski definition) is 2. The summed E-state index contributed by atoms with van der Waals surface area (Å²) in [7, 11) is 1.75. The molecule has 0 aliphatic heterocycles. The topological polar surface area (TPSA) is 142 Å². The molecule has 3 N–H and O–H groups in total. The third-order valence-corrected chi connectivity index (χ3v) is 6.99. The minimum atomic E-state index is -0.612. The normalized spacial score (nSPS) is 12.0. The first-order valence-corrected chi connectivity index (χ1v) is 13.0. The zero-order valence-corrected chi connectivity index (χ0v) is 22.4. The summed E-state index contributed by atoms with van der Waals surface area (Å²) in [5.41, 5.74) is 8.53. The number of pyridine rings is 1. The maximum Gasteiger partial charge on any atom is 0.263 e. The lowest BCUT2D eigenvalue weighted by Crippen LogP contribution is -2.32. The molecule has 204 valence electrons. The maximum absolute atomic E-state index is 14.2. The summed E-state index contributed by atoms with van der Waals surface area (Å²) >= 11 is 0. The van der Waals surface area contributed by atoms with Crippen molar-refractivity contribution in [2.75, 3.05) is 5.73 Å². The highest BCUT2D eigenvalue weighted by molar-refractivity contribution is 6.04. The van der Waals surface area contributed by atoms with Crippen LogP contribution in [0.4, 0.5) is 5.82 Å². The number of hydrogen-bond acceptors (Lipinski definition) is 7. The molecule has 4 heterocycles. The van der Waals surface area contributed by atoms with Gasteiger partial charge in [-0.15, -0.1) is 5.10 Å². The van der Waals surface area contributed by atoms with Crippen molar-refractivity contribution in [2.24, 2.45) is 7.05 Å². The lowest BCUT2D eigenvalue weighted by Gasteiger charge is -2.21. The molecule has 0 bridgehead atoms. The second kappa shape index (κ2) is 10.2. The minimum Gasteiger partial charge on any atom is -0.381 e. The van der Waals surface area contributed by atoms with Crippen LogP contribution in [0.25, 0.3) is 22.1 Å². The van der Waals surface area contributed by atoms with Gasteiger partial charge in [-0.1, -0.05) is 36.4 Å². The van der Waals surface area contributed by atoms with Crippen molar-refractivity contribution in [1.82, 2.24) is 34.3 Å². The number of nitrogens with one attached hydrogen (secondary N) is 1. The number of nitrogen functional groups attached to an aromatic ring is 1.